The number of rotatable bonds is 5. The van der Waals surface area contributed by atoms with Crippen LogP contribution in [0.3, 0.4) is 0 Å². The van der Waals surface area contributed by atoms with Gasteiger partial charge in [-0.2, -0.15) is 0 Å². The number of halogens is 3. The molecule has 0 radical (unpaired) electrons. The maximum absolute atomic E-state index is 13.0. The van der Waals surface area contributed by atoms with Crippen molar-refractivity contribution in [2.45, 2.75) is 13.2 Å². The van der Waals surface area contributed by atoms with Gasteiger partial charge in [0, 0.05) is 6.20 Å². The van der Waals surface area contributed by atoms with E-state index in [4.69, 9.17) is 4.74 Å². The zero-order valence-corrected chi connectivity index (χ0v) is 14.7. The van der Waals surface area contributed by atoms with Crippen LogP contribution in [0.2, 0.25) is 0 Å². The number of ether oxygens (including phenoxy) is 1. The van der Waals surface area contributed by atoms with E-state index in [0.29, 0.717) is 16.8 Å². The van der Waals surface area contributed by atoms with Crippen LogP contribution in [0, 0.1) is 11.6 Å². The van der Waals surface area contributed by atoms with Gasteiger partial charge in [-0.3, -0.25) is 4.79 Å². The van der Waals surface area contributed by atoms with Crippen molar-refractivity contribution < 1.29 is 13.5 Å². The summed E-state index contributed by atoms with van der Waals surface area (Å²) in [5, 5.41) is 0. The zero-order chi connectivity index (χ0) is 17.8. The molecule has 0 unspecified atom stereocenters. The lowest BCUT2D eigenvalue weighted by Crippen LogP contribution is -2.21. The van der Waals surface area contributed by atoms with Crippen molar-refractivity contribution in [3.05, 3.63) is 98.4 Å². The van der Waals surface area contributed by atoms with E-state index < -0.39 is 0 Å². The molecule has 0 aliphatic heterocycles. The highest BCUT2D eigenvalue weighted by atomic mass is 79.9. The summed E-state index contributed by atoms with van der Waals surface area (Å²) in [6, 6.07) is 13.6. The SMILES string of the molecule is O=c1c(Br)c(OCc2ccc(F)cc2)ccn1Cc1ccc(F)cc1. The van der Waals surface area contributed by atoms with Gasteiger partial charge in [0.15, 0.2) is 0 Å². The molecule has 0 fully saturated rings. The third-order valence-corrected chi connectivity index (χ3v) is 4.37. The van der Waals surface area contributed by atoms with Crippen LogP contribution in [0.5, 0.6) is 5.75 Å². The van der Waals surface area contributed by atoms with Gasteiger partial charge >= 0.3 is 0 Å². The minimum absolute atomic E-state index is 0.223. The second-order valence-corrected chi connectivity index (χ2v) is 6.26. The van der Waals surface area contributed by atoms with Crippen molar-refractivity contribution in [3.63, 3.8) is 0 Å². The number of pyridine rings is 1. The Morgan fingerprint density at radius 2 is 1.44 bits per heavy atom. The Bertz CT molecular complexity index is 922. The van der Waals surface area contributed by atoms with Gasteiger partial charge in [-0.05, 0) is 57.4 Å². The van der Waals surface area contributed by atoms with E-state index in [1.54, 1.807) is 36.5 Å². The second-order valence-electron chi connectivity index (χ2n) is 5.47. The van der Waals surface area contributed by atoms with Crippen LogP contribution in [-0.4, -0.2) is 4.57 Å². The van der Waals surface area contributed by atoms with Crippen molar-refractivity contribution in [1.29, 1.82) is 0 Å². The Morgan fingerprint density at radius 3 is 2.04 bits per heavy atom. The van der Waals surface area contributed by atoms with Crippen LogP contribution < -0.4 is 10.3 Å². The fourth-order valence-electron chi connectivity index (χ4n) is 2.29. The zero-order valence-electron chi connectivity index (χ0n) is 13.1. The van der Waals surface area contributed by atoms with E-state index in [-0.39, 0.29) is 23.8 Å². The lowest BCUT2D eigenvalue weighted by atomic mass is 10.2. The highest BCUT2D eigenvalue weighted by Crippen LogP contribution is 2.22. The molecule has 1 heterocycles. The van der Waals surface area contributed by atoms with Crippen LogP contribution in [0.25, 0.3) is 0 Å². The largest absolute Gasteiger partial charge is 0.487 e. The van der Waals surface area contributed by atoms with Crippen LogP contribution in [0.1, 0.15) is 11.1 Å². The van der Waals surface area contributed by atoms with E-state index in [1.807, 2.05) is 0 Å². The van der Waals surface area contributed by atoms with E-state index in [2.05, 4.69) is 15.9 Å². The predicted octanol–water partition coefficient (Wildman–Crippen LogP) is 4.52. The van der Waals surface area contributed by atoms with E-state index >= 15 is 0 Å². The number of nitrogens with zero attached hydrogens (tertiary/aromatic N) is 1. The molecule has 0 saturated heterocycles. The lowest BCUT2D eigenvalue weighted by Gasteiger charge is -2.11. The Hall–Kier alpha value is -2.47. The molecule has 6 heteroatoms. The molecule has 0 N–H and O–H groups in total. The first-order chi connectivity index (χ1) is 12.0. The molecule has 0 aliphatic rings. The molecule has 0 amide bonds. The standard InChI is InChI=1S/C19H14BrF2NO2/c20-18-17(25-12-14-3-7-16(22)8-4-14)9-10-23(19(18)24)11-13-1-5-15(21)6-2-13/h1-10H,11-12H2. The molecule has 1 aromatic heterocycles. The van der Waals surface area contributed by atoms with Crippen LogP contribution in [-0.2, 0) is 13.2 Å². The molecule has 0 saturated carbocycles. The average molecular weight is 406 g/mol. The molecule has 0 spiro atoms. The number of hydrogen-bond donors (Lipinski definition) is 0. The van der Waals surface area contributed by atoms with Gasteiger partial charge in [-0.1, -0.05) is 24.3 Å². The van der Waals surface area contributed by atoms with Crippen molar-refractivity contribution in [2.75, 3.05) is 0 Å². The highest BCUT2D eigenvalue weighted by Gasteiger charge is 2.09. The van der Waals surface area contributed by atoms with Gasteiger partial charge in [0.05, 0.1) is 6.54 Å². The van der Waals surface area contributed by atoms with Crippen LogP contribution >= 0.6 is 15.9 Å². The fourth-order valence-corrected chi connectivity index (χ4v) is 2.77. The normalized spacial score (nSPS) is 10.7. The minimum atomic E-state index is -0.318. The summed E-state index contributed by atoms with van der Waals surface area (Å²) < 4.78 is 33.3. The summed E-state index contributed by atoms with van der Waals surface area (Å²) in [7, 11) is 0. The van der Waals surface area contributed by atoms with Gasteiger partial charge in [0.25, 0.3) is 5.56 Å². The van der Waals surface area contributed by atoms with Crippen molar-refractivity contribution >= 4 is 15.9 Å². The first kappa shape index (κ1) is 17.4. The molecule has 128 valence electrons. The number of benzene rings is 2. The van der Waals surface area contributed by atoms with Gasteiger partial charge in [-0.15, -0.1) is 0 Å². The Labute approximate surface area is 151 Å². The molecule has 3 rings (SSSR count). The molecule has 3 aromatic rings. The van der Waals surface area contributed by atoms with Crippen molar-refractivity contribution in [3.8, 4) is 5.75 Å². The third kappa shape index (κ3) is 4.33. The molecule has 25 heavy (non-hydrogen) atoms. The summed E-state index contributed by atoms with van der Waals surface area (Å²) in [6.07, 6.45) is 1.62. The number of hydrogen-bond acceptors (Lipinski definition) is 2. The monoisotopic (exact) mass is 405 g/mol. The predicted molar refractivity (Wildman–Crippen MR) is 94.6 cm³/mol. The summed E-state index contributed by atoms with van der Waals surface area (Å²) in [5.41, 5.74) is 1.36. The molecule has 2 aromatic carbocycles. The average Bonchev–Trinajstić information content (AvgIpc) is 2.61. The maximum Gasteiger partial charge on any atom is 0.268 e. The van der Waals surface area contributed by atoms with Gasteiger partial charge in [-0.25, -0.2) is 8.78 Å². The Balaban J connectivity index is 1.74. The Morgan fingerprint density at radius 1 is 0.880 bits per heavy atom. The van der Waals surface area contributed by atoms with Gasteiger partial charge in [0.2, 0.25) is 0 Å². The van der Waals surface area contributed by atoms with Crippen LogP contribution in [0.4, 0.5) is 8.78 Å². The van der Waals surface area contributed by atoms with Crippen LogP contribution in [0.15, 0.2) is 70.1 Å². The quantitative estimate of drug-likeness (QED) is 0.624. The summed E-state index contributed by atoms with van der Waals surface area (Å²) in [4.78, 5) is 12.4. The smallest absolute Gasteiger partial charge is 0.268 e. The third-order valence-electron chi connectivity index (χ3n) is 3.64. The van der Waals surface area contributed by atoms with Crippen molar-refractivity contribution in [2.24, 2.45) is 0 Å². The first-order valence-electron chi connectivity index (χ1n) is 7.53. The summed E-state index contributed by atoms with van der Waals surface area (Å²) in [5.74, 6) is -0.222. The topological polar surface area (TPSA) is 31.2 Å². The van der Waals surface area contributed by atoms with Gasteiger partial charge < -0.3 is 9.30 Å². The second kappa shape index (κ2) is 7.61. The maximum atomic E-state index is 13.0. The molecule has 0 aliphatic carbocycles. The van der Waals surface area contributed by atoms with Crippen molar-refractivity contribution in [1.82, 2.24) is 4.57 Å². The molecule has 0 atom stereocenters. The molecular formula is C19H14BrF2NO2. The minimum Gasteiger partial charge on any atom is -0.487 e. The summed E-state index contributed by atoms with van der Waals surface area (Å²) >= 11 is 3.26. The lowest BCUT2D eigenvalue weighted by molar-refractivity contribution is 0.302. The van der Waals surface area contributed by atoms with Gasteiger partial charge in [0.1, 0.15) is 28.5 Å². The highest BCUT2D eigenvalue weighted by molar-refractivity contribution is 9.10. The van der Waals surface area contributed by atoms with E-state index in [1.165, 1.54) is 28.8 Å². The molecule has 0 bridgehead atoms. The number of aromatic nitrogens is 1. The van der Waals surface area contributed by atoms with E-state index in [0.717, 1.165) is 11.1 Å². The molecular weight excluding hydrogens is 392 g/mol. The van der Waals surface area contributed by atoms with E-state index in [9.17, 15) is 13.6 Å². The molecule has 3 nitrogen and oxygen atoms in total. The first-order valence-corrected chi connectivity index (χ1v) is 8.33. The fraction of sp³-hybridized carbons (Fsp3) is 0.105. The Kier molecular flexibility index (Phi) is 5.28. The summed E-state index contributed by atoms with van der Waals surface area (Å²) in [6.45, 7) is 0.552.